The summed E-state index contributed by atoms with van der Waals surface area (Å²) >= 11 is 0. The van der Waals surface area contributed by atoms with E-state index in [0.29, 0.717) is 6.61 Å². The van der Waals surface area contributed by atoms with Crippen molar-refractivity contribution in [2.24, 2.45) is 0 Å². The van der Waals surface area contributed by atoms with E-state index in [0.717, 1.165) is 18.7 Å². The second kappa shape index (κ2) is 6.06. The number of nitrogens with zero attached hydrogens (tertiary/aromatic N) is 1. The first-order valence-corrected chi connectivity index (χ1v) is 5.28. The minimum absolute atomic E-state index is 0.254. The fourth-order valence-electron chi connectivity index (χ4n) is 1.33. The van der Waals surface area contributed by atoms with E-state index in [1.807, 2.05) is 49.1 Å². The van der Waals surface area contributed by atoms with Crippen molar-refractivity contribution in [3.63, 3.8) is 0 Å². The zero-order chi connectivity index (χ0) is 11.1. The first kappa shape index (κ1) is 11.6. The van der Waals surface area contributed by atoms with E-state index in [2.05, 4.69) is 0 Å². The summed E-state index contributed by atoms with van der Waals surface area (Å²) in [4.78, 5) is 1.88. The van der Waals surface area contributed by atoms with Crippen LogP contribution >= 0.6 is 0 Å². The predicted molar refractivity (Wildman–Crippen MR) is 61.9 cm³/mol. The lowest BCUT2D eigenvalue weighted by Gasteiger charge is -2.20. The summed E-state index contributed by atoms with van der Waals surface area (Å²) in [5.74, 6) is 0. The average molecular weight is 206 g/mol. The first-order valence-electron chi connectivity index (χ1n) is 5.28. The lowest BCUT2D eigenvalue weighted by molar-refractivity contribution is 0.223. The van der Waals surface area contributed by atoms with Crippen LogP contribution in [-0.2, 0) is 11.3 Å². The molecule has 0 saturated carbocycles. The molecule has 3 heteroatoms. The molecule has 0 radical (unpaired) electrons. The molecule has 3 nitrogen and oxygen atoms in total. The van der Waals surface area contributed by atoms with Crippen LogP contribution in [0.4, 0.5) is 0 Å². The molecule has 0 bridgehead atoms. The van der Waals surface area contributed by atoms with E-state index in [1.165, 1.54) is 0 Å². The monoisotopic (exact) mass is 206 g/mol. The smallest absolute Gasteiger partial charge is 0.284 e. The van der Waals surface area contributed by atoms with E-state index < -0.39 is 0 Å². The Hall–Kier alpha value is -1.51. The van der Waals surface area contributed by atoms with Crippen molar-refractivity contribution in [3.8, 4) is 0 Å². The first-order chi connectivity index (χ1) is 7.27. The number of hydrogen-bond acceptors (Lipinski definition) is 2. The zero-order valence-corrected chi connectivity index (χ0v) is 9.36. The topological polar surface area (TPSA) is 36.3 Å². The highest BCUT2D eigenvalue weighted by Crippen LogP contribution is 2.02. The van der Waals surface area contributed by atoms with E-state index in [1.54, 1.807) is 0 Å². The standard InChI is InChI=1S/C12H18N2O/c1-3-14(4-2)12(13)15-10-11-8-6-5-7-9-11/h5-9,13H,3-4,10H2,1-2H3. The Labute approximate surface area is 91.2 Å². The molecule has 0 aliphatic carbocycles. The molecule has 0 unspecified atom stereocenters. The molecule has 1 rings (SSSR count). The summed E-state index contributed by atoms with van der Waals surface area (Å²) in [7, 11) is 0. The minimum Gasteiger partial charge on any atom is -0.460 e. The highest BCUT2D eigenvalue weighted by molar-refractivity contribution is 5.70. The minimum atomic E-state index is 0.254. The Morgan fingerprint density at radius 2 is 1.80 bits per heavy atom. The summed E-state index contributed by atoms with van der Waals surface area (Å²) < 4.78 is 5.38. The molecular formula is C12H18N2O. The van der Waals surface area contributed by atoms with Crippen molar-refractivity contribution in [2.45, 2.75) is 20.5 Å². The zero-order valence-electron chi connectivity index (χ0n) is 9.36. The number of benzene rings is 1. The lowest BCUT2D eigenvalue weighted by Crippen LogP contribution is -2.31. The fraction of sp³-hybridized carbons (Fsp3) is 0.417. The largest absolute Gasteiger partial charge is 0.460 e. The van der Waals surface area contributed by atoms with Gasteiger partial charge in [0, 0.05) is 13.1 Å². The van der Waals surface area contributed by atoms with Gasteiger partial charge in [-0.2, -0.15) is 0 Å². The molecule has 0 aliphatic rings. The van der Waals surface area contributed by atoms with Gasteiger partial charge >= 0.3 is 0 Å². The van der Waals surface area contributed by atoms with E-state index in [-0.39, 0.29) is 6.02 Å². The normalized spacial score (nSPS) is 9.73. The Bertz CT molecular complexity index is 294. The third-order valence-electron chi connectivity index (χ3n) is 2.27. The summed E-state index contributed by atoms with van der Waals surface area (Å²) in [6.45, 7) is 6.12. The van der Waals surface area contributed by atoms with Gasteiger partial charge in [0.25, 0.3) is 6.02 Å². The number of amidine groups is 1. The van der Waals surface area contributed by atoms with Gasteiger partial charge in [-0.3, -0.25) is 5.41 Å². The van der Waals surface area contributed by atoms with Crippen LogP contribution in [-0.4, -0.2) is 24.0 Å². The Morgan fingerprint density at radius 1 is 1.20 bits per heavy atom. The molecular weight excluding hydrogens is 188 g/mol. The summed E-state index contributed by atoms with van der Waals surface area (Å²) in [5, 5.41) is 7.70. The highest BCUT2D eigenvalue weighted by Gasteiger charge is 2.05. The van der Waals surface area contributed by atoms with Crippen molar-refractivity contribution >= 4 is 6.02 Å². The molecule has 0 aliphatic heterocycles. The van der Waals surface area contributed by atoms with Gasteiger partial charge in [0.05, 0.1) is 0 Å². The van der Waals surface area contributed by atoms with Crippen molar-refractivity contribution in [1.82, 2.24) is 4.90 Å². The van der Waals surface area contributed by atoms with Crippen LogP contribution in [0.15, 0.2) is 30.3 Å². The molecule has 0 heterocycles. The molecule has 0 amide bonds. The average Bonchev–Trinajstić information content (AvgIpc) is 2.29. The molecule has 1 aromatic carbocycles. The number of nitrogens with one attached hydrogen (secondary N) is 1. The molecule has 82 valence electrons. The maximum absolute atomic E-state index is 7.70. The molecule has 1 N–H and O–H groups in total. The highest BCUT2D eigenvalue weighted by atomic mass is 16.5. The number of rotatable bonds is 4. The van der Waals surface area contributed by atoms with Crippen molar-refractivity contribution in [1.29, 1.82) is 5.41 Å². The lowest BCUT2D eigenvalue weighted by atomic mass is 10.2. The molecule has 0 fully saturated rings. The van der Waals surface area contributed by atoms with E-state index >= 15 is 0 Å². The van der Waals surface area contributed by atoms with Gasteiger partial charge in [-0.1, -0.05) is 30.3 Å². The van der Waals surface area contributed by atoms with Crippen molar-refractivity contribution in [2.75, 3.05) is 13.1 Å². The third kappa shape index (κ3) is 3.62. The van der Waals surface area contributed by atoms with Gasteiger partial charge in [-0.15, -0.1) is 0 Å². The molecule has 0 aromatic heterocycles. The SMILES string of the molecule is CCN(CC)C(=N)OCc1ccccc1. The van der Waals surface area contributed by atoms with Gasteiger partial charge in [-0.05, 0) is 19.4 Å². The predicted octanol–water partition coefficient (Wildman–Crippen LogP) is 2.48. The summed E-state index contributed by atoms with van der Waals surface area (Å²) in [6, 6.07) is 10.2. The Balaban J connectivity index is 2.40. The number of ether oxygens (including phenoxy) is 1. The quantitative estimate of drug-likeness (QED) is 0.607. The van der Waals surface area contributed by atoms with Gasteiger partial charge in [0.15, 0.2) is 0 Å². The third-order valence-corrected chi connectivity index (χ3v) is 2.27. The maximum atomic E-state index is 7.70. The van der Waals surface area contributed by atoms with Gasteiger partial charge in [-0.25, -0.2) is 0 Å². The second-order valence-corrected chi connectivity index (χ2v) is 3.25. The van der Waals surface area contributed by atoms with Gasteiger partial charge in [0.1, 0.15) is 6.61 Å². The van der Waals surface area contributed by atoms with Crippen LogP contribution in [0.3, 0.4) is 0 Å². The summed E-state index contributed by atoms with van der Waals surface area (Å²) in [6.07, 6.45) is 0. The van der Waals surface area contributed by atoms with E-state index in [4.69, 9.17) is 10.1 Å². The molecule has 1 aromatic rings. The summed E-state index contributed by atoms with van der Waals surface area (Å²) in [5.41, 5.74) is 1.09. The molecule has 0 spiro atoms. The van der Waals surface area contributed by atoms with Crippen LogP contribution in [0, 0.1) is 5.41 Å². The van der Waals surface area contributed by atoms with Crippen LogP contribution in [0.2, 0.25) is 0 Å². The maximum Gasteiger partial charge on any atom is 0.284 e. The fourth-order valence-corrected chi connectivity index (χ4v) is 1.33. The molecule has 0 atom stereocenters. The van der Waals surface area contributed by atoms with Gasteiger partial charge in [0.2, 0.25) is 0 Å². The van der Waals surface area contributed by atoms with Crippen LogP contribution in [0.25, 0.3) is 0 Å². The second-order valence-electron chi connectivity index (χ2n) is 3.25. The molecule has 0 saturated heterocycles. The van der Waals surface area contributed by atoms with Crippen molar-refractivity contribution < 1.29 is 4.74 Å². The van der Waals surface area contributed by atoms with Crippen molar-refractivity contribution in [3.05, 3.63) is 35.9 Å². The van der Waals surface area contributed by atoms with Crippen LogP contribution in [0.5, 0.6) is 0 Å². The number of hydrogen-bond donors (Lipinski definition) is 1. The van der Waals surface area contributed by atoms with E-state index in [9.17, 15) is 0 Å². The molecule has 15 heavy (non-hydrogen) atoms. The van der Waals surface area contributed by atoms with Gasteiger partial charge < -0.3 is 9.64 Å². The Morgan fingerprint density at radius 3 is 2.33 bits per heavy atom. The Kier molecular flexibility index (Phi) is 4.68. The van der Waals surface area contributed by atoms with Crippen LogP contribution < -0.4 is 0 Å². The van der Waals surface area contributed by atoms with Crippen LogP contribution in [0.1, 0.15) is 19.4 Å².